The zero-order chi connectivity index (χ0) is 18.4. The lowest BCUT2D eigenvalue weighted by atomic mass is 10.1. The molecule has 5 nitrogen and oxygen atoms in total. The van der Waals surface area contributed by atoms with Crippen molar-refractivity contribution in [2.75, 3.05) is 19.5 Å². The van der Waals surface area contributed by atoms with E-state index in [1.54, 1.807) is 37.4 Å². The lowest BCUT2D eigenvalue weighted by Crippen LogP contribution is -2.13. The van der Waals surface area contributed by atoms with Gasteiger partial charge in [0.1, 0.15) is 23.1 Å². The molecule has 0 heterocycles. The van der Waals surface area contributed by atoms with Gasteiger partial charge in [-0.2, -0.15) is 5.26 Å². The number of nitrogens with zero attached hydrogens (tertiary/aromatic N) is 1. The van der Waals surface area contributed by atoms with Crippen molar-refractivity contribution < 1.29 is 14.3 Å². The van der Waals surface area contributed by atoms with Crippen molar-refractivity contribution in [2.24, 2.45) is 0 Å². The highest BCUT2D eigenvalue weighted by atomic mass is 79.9. The lowest BCUT2D eigenvalue weighted by molar-refractivity contribution is -0.112. The van der Waals surface area contributed by atoms with Crippen LogP contribution in [0.15, 0.2) is 50.9 Å². The number of nitrogens with one attached hydrogen (secondary N) is 1. The minimum absolute atomic E-state index is 0.0460. The Bertz CT molecular complexity index is 873. The number of nitriles is 1. The van der Waals surface area contributed by atoms with Gasteiger partial charge < -0.3 is 14.8 Å². The maximum atomic E-state index is 12.4. The molecule has 1 amide bonds. The number of carbonyl (C=O) groups excluding carboxylic acids is 1. The van der Waals surface area contributed by atoms with Crippen molar-refractivity contribution in [1.82, 2.24) is 0 Å². The van der Waals surface area contributed by atoms with Gasteiger partial charge in [-0.3, -0.25) is 4.79 Å². The number of anilines is 1. The maximum absolute atomic E-state index is 12.4. The predicted molar refractivity (Wildman–Crippen MR) is 104 cm³/mol. The Morgan fingerprint density at radius 1 is 1.16 bits per heavy atom. The Kier molecular flexibility index (Phi) is 6.62. The van der Waals surface area contributed by atoms with Gasteiger partial charge in [-0.25, -0.2) is 0 Å². The first-order chi connectivity index (χ1) is 12.0. The topological polar surface area (TPSA) is 71.3 Å². The van der Waals surface area contributed by atoms with E-state index in [2.05, 4.69) is 37.2 Å². The van der Waals surface area contributed by atoms with Crippen LogP contribution in [0.3, 0.4) is 0 Å². The lowest BCUT2D eigenvalue weighted by Gasteiger charge is -2.10. The fourth-order valence-corrected chi connectivity index (χ4v) is 2.99. The zero-order valence-electron chi connectivity index (χ0n) is 13.5. The molecule has 0 saturated carbocycles. The van der Waals surface area contributed by atoms with Crippen LogP contribution in [-0.4, -0.2) is 20.1 Å². The Balaban J connectivity index is 2.35. The second kappa shape index (κ2) is 8.70. The molecule has 0 saturated heterocycles. The molecule has 0 aliphatic heterocycles. The molecular weight excluding hydrogens is 452 g/mol. The minimum Gasteiger partial charge on any atom is -0.496 e. The molecule has 0 unspecified atom stereocenters. The van der Waals surface area contributed by atoms with E-state index in [0.29, 0.717) is 27.2 Å². The van der Waals surface area contributed by atoms with Crippen LogP contribution in [0.2, 0.25) is 0 Å². The molecule has 0 spiro atoms. The molecule has 0 fully saturated rings. The van der Waals surface area contributed by atoms with E-state index in [-0.39, 0.29) is 5.57 Å². The van der Waals surface area contributed by atoms with Crippen molar-refractivity contribution in [3.05, 3.63) is 56.5 Å². The van der Waals surface area contributed by atoms with Crippen LogP contribution >= 0.6 is 31.9 Å². The summed E-state index contributed by atoms with van der Waals surface area (Å²) in [6, 6.07) is 12.4. The average Bonchev–Trinajstić information content (AvgIpc) is 2.59. The van der Waals surface area contributed by atoms with E-state index >= 15 is 0 Å². The molecular formula is C18H14Br2N2O3. The molecule has 1 N–H and O–H groups in total. The summed E-state index contributed by atoms with van der Waals surface area (Å²) in [5.74, 6) is 0.573. The van der Waals surface area contributed by atoms with Gasteiger partial charge in [0.05, 0.1) is 18.7 Å². The molecule has 2 rings (SSSR count). The van der Waals surface area contributed by atoms with Crippen molar-refractivity contribution >= 4 is 49.5 Å². The quantitative estimate of drug-likeness (QED) is 0.509. The van der Waals surface area contributed by atoms with Crippen LogP contribution in [0.5, 0.6) is 11.5 Å². The molecule has 2 aromatic carbocycles. The highest BCUT2D eigenvalue weighted by Gasteiger charge is 2.13. The van der Waals surface area contributed by atoms with Gasteiger partial charge in [-0.05, 0) is 46.3 Å². The van der Waals surface area contributed by atoms with Crippen molar-refractivity contribution in [3.8, 4) is 17.6 Å². The Morgan fingerprint density at radius 3 is 2.48 bits per heavy atom. The predicted octanol–water partition coefficient (Wildman–Crippen LogP) is 4.77. The van der Waals surface area contributed by atoms with Crippen LogP contribution < -0.4 is 14.8 Å². The summed E-state index contributed by atoms with van der Waals surface area (Å²) in [6.45, 7) is 0. The first-order valence-corrected chi connectivity index (χ1v) is 8.67. The highest BCUT2D eigenvalue weighted by Crippen LogP contribution is 2.34. The smallest absolute Gasteiger partial charge is 0.266 e. The Morgan fingerprint density at radius 2 is 1.88 bits per heavy atom. The normalized spacial score (nSPS) is 10.8. The summed E-state index contributed by atoms with van der Waals surface area (Å²) in [4.78, 5) is 12.4. The van der Waals surface area contributed by atoms with Crippen LogP contribution in [-0.2, 0) is 4.79 Å². The number of methoxy groups -OCH3 is 2. The van der Waals surface area contributed by atoms with Gasteiger partial charge in [0.15, 0.2) is 0 Å². The number of hydrogen-bond acceptors (Lipinski definition) is 4. The number of hydrogen-bond donors (Lipinski definition) is 1. The van der Waals surface area contributed by atoms with E-state index < -0.39 is 5.91 Å². The van der Waals surface area contributed by atoms with Crippen molar-refractivity contribution in [3.63, 3.8) is 0 Å². The average molecular weight is 466 g/mol. The second-order valence-corrected chi connectivity index (χ2v) is 6.63. The third-order valence-electron chi connectivity index (χ3n) is 3.25. The number of benzene rings is 2. The van der Waals surface area contributed by atoms with Gasteiger partial charge in [-0.1, -0.05) is 22.0 Å². The maximum Gasteiger partial charge on any atom is 0.266 e. The SMILES string of the molecule is COc1cc(OC)c(/C=C(/C#N)C(=O)Nc2cccc(Br)c2)cc1Br. The molecule has 7 heteroatoms. The first-order valence-electron chi connectivity index (χ1n) is 7.08. The number of amides is 1. The number of ether oxygens (including phenoxy) is 2. The van der Waals surface area contributed by atoms with E-state index in [9.17, 15) is 10.1 Å². The Hall–Kier alpha value is -2.30. The summed E-state index contributed by atoms with van der Waals surface area (Å²) in [7, 11) is 3.05. The number of carbonyl (C=O) groups is 1. The Labute approximate surface area is 162 Å². The molecule has 0 radical (unpaired) electrons. The summed E-state index contributed by atoms with van der Waals surface area (Å²) >= 11 is 6.72. The van der Waals surface area contributed by atoms with E-state index in [4.69, 9.17) is 9.47 Å². The summed E-state index contributed by atoms with van der Waals surface area (Å²) in [6.07, 6.45) is 1.47. The third-order valence-corrected chi connectivity index (χ3v) is 4.36. The highest BCUT2D eigenvalue weighted by molar-refractivity contribution is 9.10. The number of halogens is 2. The molecule has 0 aliphatic carbocycles. The number of rotatable bonds is 5. The van der Waals surface area contributed by atoms with E-state index in [1.807, 2.05) is 12.1 Å². The molecule has 2 aromatic rings. The second-order valence-electron chi connectivity index (χ2n) is 4.86. The van der Waals surface area contributed by atoms with Crippen molar-refractivity contribution in [1.29, 1.82) is 5.26 Å². The molecule has 25 heavy (non-hydrogen) atoms. The van der Waals surface area contributed by atoms with Gasteiger partial charge in [0.2, 0.25) is 0 Å². The summed E-state index contributed by atoms with van der Waals surface area (Å²) in [5.41, 5.74) is 1.12. The summed E-state index contributed by atoms with van der Waals surface area (Å²) in [5, 5.41) is 12.1. The molecule has 0 bridgehead atoms. The first kappa shape index (κ1) is 19.0. The van der Waals surface area contributed by atoms with Gasteiger partial charge in [0, 0.05) is 21.8 Å². The molecule has 0 aliphatic rings. The molecule has 128 valence electrons. The van der Waals surface area contributed by atoms with Crippen LogP contribution in [0.25, 0.3) is 6.08 Å². The van der Waals surface area contributed by atoms with Crippen LogP contribution in [0.4, 0.5) is 5.69 Å². The standard InChI is InChI=1S/C18H14Br2N2O3/c1-24-16-9-17(25-2)15(20)7-11(16)6-12(10-21)18(23)22-14-5-3-4-13(19)8-14/h3-9H,1-2H3,(H,22,23)/b12-6-. The fraction of sp³-hybridized carbons (Fsp3) is 0.111. The van der Waals surface area contributed by atoms with Gasteiger partial charge in [-0.15, -0.1) is 0 Å². The third kappa shape index (κ3) is 4.84. The fourth-order valence-electron chi connectivity index (χ4n) is 2.06. The van der Waals surface area contributed by atoms with E-state index in [0.717, 1.165) is 4.47 Å². The monoisotopic (exact) mass is 464 g/mol. The van der Waals surface area contributed by atoms with E-state index in [1.165, 1.54) is 13.2 Å². The van der Waals surface area contributed by atoms with Crippen LogP contribution in [0, 0.1) is 11.3 Å². The van der Waals surface area contributed by atoms with Gasteiger partial charge in [0.25, 0.3) is 5.91 Å². The summed E-state index contributed by atoms with van der Waals surface area (Å²) < 4.78 is 12.0. The minimum atomic E-state index is -0.505. The van der Waals surface area contributed by atoms with Gasteiger partial charge >= 0.3 is 0 Å². The largest absolute Gasteiger partial charge is 0.496 e. The van der Waals surface area contributed by atoms with Crippen LogP contribution in [0.1, 0.15) is 5.56 Å². The zero-order valence-corrected chi connectivity index (χ0v) is 16.6. The van der Waals surface area contributed by atoms with Crippen molar-refractivity contribution in [2.45, 2.75) is 0 Å². The molecule has 0 atom stereocenters. The molecule has 0 aromatic heterocycles.